The molecule has 1 amide bonds. The molecule has 3 aromatic heterocycles. The number of hydrogen-bond donors (Lipinski definition) is 1. The van der Waals surface area contributed by atoms with Crippen molar-refractivity contribution in [3.63, 3.8) is 0 Å². The predicted molar refractivity (Wildman–Crippen MR) is 112 cm³/mol. The van der Waals surface area contributed by atoms with Crippen molar-refractivity contribution in [1.29, 1.82) is 0 Å². The highest BCUT2D eigenvalue weighted by molar-refractivity contribution is 5.72. The topological polar surface area (TPSA) is 71.8 Å². The van der Waals surface area contributed by atoms with Gasteiger partial charge in [0.2, 0.25) is 0 Å². The van der Waals surface area contributed by atoms with E-state index in [0.717, 1.165) is 35.7 Å². The highest BCUT2D eigenvalue weighted by Crippen LogP contribution is 2.30. The van der Waals surface area contributed by atoms with Crippen molar-refractivity contribution in [1.82, 2.24) is 19.3 Å². The summed E-state index contributed by atoms with van der Waals surface area (Å²) in [6.07, 6.45) is 7.37. The van der Waals surface area contributed by atoms with E-state index in [1.54, 1.807) is 11.1 Å². The molecular formula is C22H27N5O2. The Labute approximate surface area is 170 Å². The molecule has 0 radical (unpaired) electrons. The van der Waals surface area contributed by atoms with Crippen LogP contribution in [0.4, 0.5) is 16.4 Å². The second-order valence-corrected chi connectivity index (χ2v) is 8.40. The molecule has 1 N–H and O–H groups in total. The monoisotopic (exact) mass is 393 g/mol. The lowest BCUT2D eigenvalue weighted by atomic mass is 9.94. The summed E-state index contributed by atoms with van der Waals surface area (Å²) in [5.41, 5.74) is 1.56. The normalized spacial score (nSPS) is 15.5. The molecule has 0 saturated carbocycles. The van der Waals surface area contributed by atoms with Crippen LogP contribution in [0.1, 0.15) is 45.2 Å². The first-order valence-electron chi connectivity index (χ1n) is 10.0. The zero-order valence-corrected chi connectivity index (χ0v) is 17.1. The molecule has 0 aliphatic carbocycles. The van der Waals surface area contributed by atoms with Crippen molar-refractivity contribution >= 4 is 23.2 Å². The number of carbonyl (C=O) groups is 1. The number of ether oxygens (including phenoxy) is 1. The van der Waals surface area contributed by atoms with Crippen molar-refractivity contribution in [2.75, 3.05) is 18.4 Å². The van der Waals surface area contributed by atoms with Gasteiger partial charge in [0, 0.05) is 37.6 Å². The van der Waals surface area contributed by atoms with Crippen LogP contribution in [0.2, 0.25) is 0 Å². The third-order valence-corrected chi connectivity index (χ3v) is 5.01. The Morgan fingerprint density at radius 1 is 1.17 bits per heavy atom. The van der Waals surface area contributed by atoms with Gasteiger partial charge in [-0.15, -0.1) is 0 Å². The third-order valence-electron chi connectivity index (χ3n) is 5.01. The summed E-state index contributed by atoms with van der Waals surface area (Å²) in [6.45, 7) is 7.03. The van der Waals surface area contributed by atoms with E-state index in [1.165, 1.54) is 0 Å². The number of likely N-dealkylation sites (tertiary alicyclic amines) is 1. The Morgan fingerprint density at radius 3 is 2.66 bits per heavy atom. The van der Waals surface area contributed by atoms with Crippen LogP contribution in [-0.4, -0.2) is 44.1 Å². The van der Waals surface area contributed by atoms with E-state index < -0.39 is 5.60 Å². The summed E-state index contributed by atoms with van der Waals surface area (Å²) in [4.78, 5) is 23.4. The first-order valence-corrected chi connectivity index (χ1v) is 10.0. The van der Waals surface area contributed by atoms with E-state index in [9.17, 15) is 4.79 Å². The molecule has 0 unspecified atom stereocenters. The van der Waals surface area contributed by atoms with Crippen LogP contribution in [0.5, 0.6) is 0 Å². The lowest BCUT2D eigenvalue weighted by molar-refractivity contribution is 0.0204. The van der Waals surface area contributed by atoms with Crippen molar-refractivity contribution in [3.05, 3.63) is 54.6 Å². The number of aromatic nitrogens is 3. The van der Waals surface area contributed by atoms with E-state index >= 15 is 0 Å². The van der Waals surface area contributed by atoms with Crippen LogP contribution in [0, 0.1) is 0 Å². The number of piperidine rings is 1. The van der Waals surface area contributed by atoms with Crippen molar-refractivity contribution in [2.45, 2.75) is 45.1 Å². The SMILES string of the molecule is CC(C)(C)OC(=O)N1CCC(c2cn3cccc3c(Nc3ccccn3)n2)CC1. The molecule has 0 bridgehead atoms. The molecule has 29 heavy (non-hydrogen) atoms. The smallest absolute Gasteiger partial charge is 0.410 e. The third kappa shape index (κ3) is 4.50. The summed E-state index contributed by atoms with van der Waals surface area (Å²) < 4.78 is 7.59. The zero-order valence-electron chi connectivity index (χ0n) is 17.1. The van der Waals surface area contributed by atoms with Gasteiger partial charge in [0.05, 0.1) is 11.2 Å². The number of nitrogens with one attached hydrogen (secondary N) is 1. The standard InChI is InChI=1S/C22H27N5O2/c1-22(2,3)29-21(28)26-13-9-16(10-14-26)17-15-27-12-6-7-18(27)20(24-17)25-19-8-4-5-11-23-19/h4-8,11-12,15-16H,9-10,13-14H2,1-3H3,(H,23,24,25). The van der Waals surface area contributed by atoms with Gasteiger partial charge in [-0.3, -0.25) is 0 Å². The Morgan fingerprint density at radius 2 is 1.97 bits per heavy atom. The van der Waals surface area contributed by atoms with Crippen LogP contribution in [0.3, 0.4) is 0 Å². The number of amides is 1. The minimum atomic E-state index is -0.471. The number of pyridine rings is 1. The maximum absolute atomic E-state index is 12.3. The van der Waals surface area contributed by atoms with Crippen molar-refractivity contribution in [3.8, 4) is 0 Å². The summed E-state index contributed by atoms with van der Waals surface area (Å²) in [5.74, 6) is 1.85. The molecule has 3 aromatic rings. The number of fused-ring (bicyclic) bond motifs is 1. The first-order chi connectivity index (χ1) is 13.9. The zero-order chi connectivity index (χ0) is 20.4. The van der Waals surface area contributed by atoms with Gasteiger partial charge in [0.25, 0.3) is 0 Å². The van der Waals surface area contributed by atoms with Crippen molar-refractivity contribution < 1.29 is 9.53 Å². The molecule has 1 saturated heterocycles. The number of anilines is 2. The molecule has 0 aromatic carbocycles. The minimum Gasteiger partial charge on any atom is -0.444 e. The number of rotatable bonds is 3. The summed E-state index contributed by atoms with van der Waals surface area (Å²) >= 11 is 0. The van der Waals surface area contributed by atoms with E-state index in [1.807, 2.05) is 57.3 Å². The fourth-order valence-corrected chi connectivity index (χ4v) is 3.60. The minimum absolute atomic E-state index is 0.234. The highest BCUT2D eigenvalue weighted by Gasteiger charge is 2.28. The number of carbonyl (C=O) groups excluding carboxylic acids is 1. The molecule has 4 rings (SSSR count). The summed E-state index contributed by atoms with van der Waals surface area (Å²) in [7, 11) is 0. The molecule has 0 atom stereocenters. The summed E-state index contributed by atoms with van der Waals surface area (Å²) in [5, 5.41) is 3.34. The maximum atomic E-state index is 12.3. The largest absolute Gasteiger partial charge is 0.444 e. The molecule has 4 heterocycles. The van der Waals surface area contributed by atoms with Gasteiger partial charge in [-0.05, 0) is 57.9 Å². The van der Waals surface area contributed by atoms with Crippen LogP contribution in [-0.2, 0) is 4.74 Å². The fourth-order valence-electron chi connectivity index (χ4n) is 3.60. The highest BCUT2D eigenvalue weighted by atomic mass is 16.6. The van der Waals surface area contributed by atoms with Gasteiger partial charge in [0.1, 0.15) is 11.4 Å². The molecule has 152 valence electrons. The van der Waals surface area contributed by atoms with Crippen LogP contribution >= 0.6 is 0 Å². The lowest BCUT2D eigenvalue weighted by Gasteiger charge is -2.33. The number of nitrogens with zero attached hydrogens (tertiary/aromatic N) is 4. The second-order valence-electron chi connectivity index (χ2n) is 8.40. The Hall–Kier alpha value is -3.09. The van der Waals surface area contributed by atoms with E-state index in [0.29, 0.717) is 19.0 Å². The lowest BCUT2D eigenvalue weighted by Crippen LogP contribution is -2.41. The van der Waals surface area contributed by atoms with E-state index in [4.69, 9.17) is 9.72 Å². The molecule has 1 aliphatic rings. The molecular weight excluding hydrogens is 366 g/mol. The average Bonchev–Trinajstić information content (AvgIpc) is 3.17. The molecule has 0 spiro atoms. The molecule has 1 fully saturated rings. The quantitative estimate of drug-likeness (QED) is 0.705. The Balaban J connectivity index is 1.51. The maximum Gasteiger partial charge on any atom is 0.410 e. The van der Waals surface area contributed by atoms with Gasteiger partial charge >= 0.3 is 6.09 Å². The second kappa shape index (κ2) is 7.73. The number of hydrogen-bond acceptors (Lipinski definition) is 5. The van der Waals surface area contributed by atoms with Crippen LogP contribution < -0.4 is 5.32 Å². The van der Waals surface area contributed by atoms with Crippen LogP contribution in [0.25, 0.3) is 5.52 Å². The first kappa shape index (κ1) is 19.2. The van der Waals surface area contributed by atoms with E-state index in [-0.39, 0.29) is 6.09 Å². The van der Waals surface area contributed by atoms with Crippen LogP contribution in [0.15, 0.2) is 48.9 Å². The van der Waals surface area contributed by atoms with E-state index in [2.05, 4.69) is 20.9 Å². The molecule has 7 nitrogen and oxygen atoms in total. The molecule has 7 heteroatoms. The molecule has 1 aliphatic heterocycles. The predicted octanol–water partition coefficient (Wildman–Crippen LogP) is 4.59. The fraction of sp³-hybridized carbons (Fsp3) is 0.409. The van der Waals surface area contributed by atoms with Gasteiger partial charge in [0.15, 0.2) is 5.82 Å². The Bertz CT molecular complexity index is 985. The van der Waals surface area contributed by atoms with Gasteiger partial charge in [-0.2, -0.15) is 0 Å². The van der Waals surface area contributed by atoms with Crippen molar-refractivity contribution in [2.24, 2.45) is 0 Å². The summed E-state index contributed by atoms with van der Waals surface area (Å²) in [6, 6.07) is 9.80. The van der Waals surface area contributed by atoms with Gasteiger partial charge < -0.3 is 19.4 Å². The van der Waals surface area contributed by atoms with Gasteiger partial charge in [-0.25, -0.2) is 14.8 Å². The van der Waals surface area contributed by atoms with Gasteiger partial charge in [-0.1, -0.05) is 6.07 Å². The Kier molecular flexibility index (Phi) is 5.13. The average molecular weight is 393 g/mol.